The fourth-order valence-corrected chi connectivity index (χ4v) is 3.74. The largest absolute Gasteiger partial charge is 0.486 e. The summed E-state index contributed by atoms with van der Waals surface area (Å²) in [4.78, 5) is 15.3. The van der Waals surface area contributed by atoms with Crippen molar-refractivity contribution in [3.05, 3.63) is 83.4 Å². The molecule has 4 nitrogen and oxygen atoms in total. The molecule has 0 amide bonds. The quantitative estimate of drug-likeness (QED) is 0.505. The number of aromatic nitrogens is 1. The Kier molecular flexibility index (Phi) is 4.85. The zero-order valence-electron chi connectivity index (χ0n) is 14.5. The first-order chi connectivity index (χ1) is 13.2. The number of aliphatic carboxylic acids is 1. The van der Waals surface area contributed by atoms with Gasteiger partial charge in [-0.1, -0.05) is 48.5 Å². The second kappa shape index (κ2) is 7.60. The summed E-state index contributed by atoms with van der Waals surface area (Å²) in [6, 6.07) is 23.5. The summed E-state index contributed by atoms with van der Waals surface area (Å²) in [6.07, 6.45) is 0.0405. The Morgan fingerprint density at radius 1 is 0.926 bits per heavy atom. The first-order valence-corrected chi connectivity index (χ1v) is 9.37. The van der Waals surface area contributed by atoms with Crippen LogP contribution < -0.4 is 4.74 Å². The molecule has 0 saturated carbocycles. The zero-order chi connectivity index (χ0) is 18.6. The van der Waals surface area contributed by atoms with Crippen LogP contribution in [0.1, 0.15) is 10.6 Å². The third-order valence-electron chi connectivity index (χ3n) is 4.20. The summed E-state index contributed by atoms with van der Waals surface area (Å²) in [6.45, 7) is 0.447. The average molecular weight is 375 g/mol. The van der Waals surface area contributed by atoms with E-state index in [4.69, 9.17) is 9.84 Å². The lowest BCUT2D eigenvalue weighted by Gasteiger charge is -2.07. The van der Waals surface area contributed by atoms with Gasteiger partial charge in [0.25, 0.3) is 0 Å². The third-order valence-corrected chi connectivity index (χ3v) is 5.21. The van der Waals surface area contributed by atoms with Gasteiger partial charge in [-0.05, 0) is 41.0 Å². The molecule has 4 aromatic rings. The molecule has 0 fully saturated rings. The van der Waals surface area contributed by atoms with E-state index in [1.54, 1.807) is 11.3 Å². The summed E-state index contributed by atoms with van der Waals surface area (Å²) in [5.41, 5.74) is 3.90. The Balaban J connectivity index is 1.41. The predicted molar refractivity (Wildman–Crippen MR) is 107 cm³/mol. The summed E-state index contributed by atoms with van der Waals surface area (Å²) in [5, 5.41) is 9.79. The molecular weight excluding hydrogens is 358 g/mol. The van der Waals surface area contributed by atoms with Crippen LogP contribution in [0.2, 0.25) is 0 Å². The lowest BCUT2D eigenvalue weighted by atomic mass is 10.0. The molecule has 0 aliphatic heterocycles. The third kappa shape index (κ3) is 4.15. The monoisotopic (exact) mass is 375 g/mol. The van der Waals surface area contributed by atoms with E-state index in [1.807, 2.05) is 66.7 Å². The molecule has 0 atom stereocenters. The van der Waals surface area contributed by atoms with Crippen LogP contribution in [0.4, 0.5) is 0 Å². The SMILES string of the molecule is O=C(O)Cc1ccc(-c2ccc(OCc3nc4ccccc4s3)cc2)cc1. The molecule has 0 spiro atoms. The standard InChI is InChI=1S/C22H17NO3S/c24-22(25)13-15-5-7-16(8-6-15)17-9-11-18(12-10-17)26-14-21-23-19-3-1-2-4-20(19)27-21/h1-12H,13-14H2,(H,24,25). The number of rotatable bonds is 6. The number of hydrogen-bond donors (Lipinski definition) is 1. The van der Waals surface area contributed by atoms with Gasteiger partial charge in [-0.3, -0.25) is 4.79 Å². The molecule has 1 heterocycles. The minimum absolute atomic E-state index is 0.0405. The highest BCUT2D eigenvalue weighted by molar-refractivity contribution is 7.18. The Morgan fingerprint density at radius 3 is 2.26 bits per heavy atom. The molecule has 0 bridgehead atoms. The van der Waals surface area contributed by atoms with Gasteiger partial charge in [0.2, 0.25) is 0 Å². The highest BCUT2D eigenvalue weighted by Gasteiger charge is 2.05. The van der Waals surface area contributed by atoms with Crippen molar-refractivity contribution in [2.24, 2.45) is 0 Å². The van der Waals surface area contributed by atoms with Crippen LogP contribution in [-0.4, -0.2) is 16.1 Å². The van der Waals surface area contributed by atoms with Crippen LogP contribution in [0.25, 0.3) is 21.3 Å². The van der Waals surface area contributed by atoms with Crippen molar-refractivity contribution >= 4 is 27.5 Å². The molecule has 5 heteroatoms. The maximum Gasteiger partial charge on any atom is 0.307 e. The van der Waals surface area contributed by atoms with Crippen LogP contribution in [0.5, 0.6) is 5.75 Å². The topological polar surface area (TPSA) is 59.4 Å². The number of ether oxygens (including phenoxy) is 1. The fraction of sp³-hybridized carbons (Fsp3) is 0.0909. The fourth-order valence-electron chi connectivity index (χ4n) is 2.86. The Hall–Kier alpha value is -3.18. The summed E-state index contributed by atoms with van der Waals surface area (Å²) < 4.78 is 7.02. The zero-order valence-corrected chi connectivity index (χ0v) is 15.3. The van der Waals surface area contributed by atoms with Crippen LogP contribution in [0, 0.1) is 0 Å². The lowest BCUT2D eigenvalue weighted by Crippen LogP contribution is -1.99. The van der Waals surface area contributed by atoms with Gasteiger partial charge >= 0.3 is 5.97 Å². The summed E-state index contributed by atoms with van der Waals surface area (Å²) >= 11 is 1.64. The minimum atomic E-state index is -0.822. The molecular formula is C22H17NO3S. The maximum atomic E-state index is 10.8. The van der Waals surface area contributed by atoms with E-state index in [2.05, 4.69) is 11.1 Å². The molecule has 1 N–H and O–H groups in total. The smallest absolute Gasteiger partial charge is 0.307 e. The number of benzene rings is 3. The van der Waals surface area contributed by atoms with E-state index >= 15 is 0 Å². The number of hydrogen-bond acceptors (Lipinski definition) is 4. The molecule has 27 heavy (non-hydrogen) atoms. The lowest BCUT2D eigenvalue weighted by molar-refractivity contribution is -0.136. The van der Waals surface area contributed by atoms with Crippen molar-refractivity contribution in [3.63, 3.8) is 0 Å². The number of carbonyl (C=O) groups is 1. The van der Waals surface area contributed by atoms with Crippen molar-refractivity contribution in [2.75, 3.05) is 0 Å². The predicted octanol–water partition coefficient (Wildman–Crippen LogP) is 5.17. The van der Waals surface area contributed by atoms with Crippen LogP contribution >= 0.6 is 11.3 Å². The van der Waals surface area contributed by atoms with Gasteiger partial charge in [-0.25, -0.2) is 4.98 Å². The second-order valence-corrected chi connectivity index (χ2v) is 7.27. The van der Waals surface area contributed by atoms with Crippen LogP contribution in [0.3, 0.4) is 0 Å². The first-order valence-electron chi connectivity index (χ1n) is 8.56. The van der Waals surface area contributed by atoms with Gasteiger partial charge in [-0.2, -0.15) is 0 Å². The Bertz CT molecular complexity index is 1040. The number of thiazole rings is 1. The van der Waals surface area contributed by atoms with E-state index in [9.17, 15) is 4.79 Å². The Labute approximate surface area is 160 Å². The van der Waals surface area contributed by atoms with Gasteiger partial charge in [0, 0.05) is 0 Å². The summed E-state index contributed by atoms with van der Waals surface area (Å²) in [5.74, 6) is -0.0297. The van der Waals surface area contributed by atoms with E-state index in [1.165, 1.54) is 0 Å². The average Bonchev–Trinajstić information content (AvgIpc) is 3.10. The van der Waals surface area contributed by atoms with Crippen molar-refractivity contribution < 1.29 is 14.6 Å². The molecule has 3 aromatic carbocycles. The van der Waals surface area contributed by atoms with E-state index < -0.39 is 5.97 Å². The van der Waals surface area contributed by atoms with Crippen molar-refractivity contribution in [3.8, 4) is 16.9 Å². The molecule has 0 aliphatic carbocycles. The molecule has 1 aromatic heterocycles. The highest BCUT2D eigenvalue weighted by atomic mass is 32.1. The molecule has 0 saturated heterocycles. The van der Waals surface area contributed by atoms with Crippen molar-refractivity contribution in [1.82, 2.24) is 4.98 Å². The maximum absolute atomic E-state index is 10.8. The van der Waals surface area contributed by atoms with Crippen molar-refractivity contribution in [1.29, 1.82) is 0 Å². The van der Waals surface area contributed by atoms with Gasteiger partial charge in [0.15, 0.2) is 0 Å². The normalized spacial score (nSPS) is 10.8. The van der Waals surface area contributed by atoms with E-state index in [0.29, 0.717) is 6.61 Å². The molecule has 0 aliphatic rings. The first kappa shape index (κ1) is 17.2. The number of carboxylic acid groups (broad SMARTS) is 1. The van der Waals surface area contributed by atoms with E-state index in [-0.39, 0.29) is 6.42 Å². The Morgan fingerprint density at radius 2 is 1.59 bits per heavy atom. The molecule has 0 unspecified atom stereocenters. The van der Waals surface area contributed by atoms with Gasteiger partial charge in [0.1, 0.15) is 17.4 Å². The van der Waals surface area contributed by atoms with Gasteiger partial charge in [0.05, 0.1) is 16.6 Å². The summed E-state index contributed by atoms with van der Waals surface area (Å²) in [7, 11) is 0. The van der Waals surface area contributed by atoms with Gasteiger partial charge < -0.3 is 9.84 Å². The van der Waals surface area contributed by atoms with Crippen molar-refractivity contribution in [2.45, 2.75) is 13.0 Å². The molecule has 0 radical (unpaired) electrons. The van der Waals surface area contributed by atoms with Crippen LogP contribution in [0.15, 0.2) is 72.8 Å². The van der Waals surface area contributed by atoms with E-state index in [0.717, 1.165) is 37.7 Å². The number of para-hydroxylation sites is 1. The number of fused-ring (bicyclic) bond motifs is 1. The number of nitrogens with zero attached hydrogens (tertiary/aromatic N) is 1. The highest BCUT2D eigenvalue weighted by Crippen LogP contribution is 2.25. The second-order valence-electron chi connectivity index (χ2n) is 6.16. The number of carboxylic acids is 1. The molecule has 4 rings (SSSR count). The molecule has 134 valence electrons. The minimum Gasteiger partial charge on any atom is -0.486 e. The van der Waals surface area contributed by atoms with Crippen LogP contribution in [-0.2, 0) is 17.8 Å². The van der Waals surface area contributed by atoms with Gasteiger partial charge in [-0.15, -0.1) is 11.3 Å².